The molecule has 0 bridgehead atoms. The third-order valence-electron chi connectivity index (χ3n) is 4.66. The minimum Gasteiger partial charge on any atom is -0.426 e. The first-order valence-corrected chi connectivity index (χ1v) is 11.1. The van der Waals surface area contributed by atoms with Crippen molar-refractivity contribution in [3.8, 4) is 5.75 Å². The van der Waals surface area contributed by atoms with Crippen LogP contribution < -0.4 is 4.74 Å². The Morgan fingerprint density at radius 1 is 1.10 bits per heavy atom. The second kappa shape index (κ2) is 9.21. The van der Waals surface area contributed by atoms with Gasteiger partial charge < -0.3 is 4.74 Å². The van der Waals surface area contributed by atoms with Crippen LogP contribution in [0.5, 0.6) is 5.75 Å². The molecule has 1 saturated heterocycles. The first-order chi connectivity index (χ1) is 13.7. The first kappa shape index (κ1) is 21.7. The zero-order chi connectivity index (χ0) is 21.0. The molecule has 0 radical (unpaired) electrons. The molecule has 2 aromatic carbocycles. The molecule has 3 rings (SSSR count). The van der Waals surface area contributed by atoms with E-state index in [9.17, 15) is 17.6 Å². The van der Waals surface area contributed by atoms with E-state index in [0.717, 1.165) is 5.56 Å². The summed E-state index contributed by atoms with van der Waals surface area (Å²) in [7, 11) is -3.48. The van der Waals surface area contributed by atoms with Gasteiger partial charge in [0.1, 0.15) is 11.6 Å². The maximum Gasteiger partial charge on any atom is 0.308 e. The number of benzene rings is 2. The van der Waals surface area contributed by atoms with Gasteiger partial charge in [-0.05, 0) is 35.9 Å². The van der Waals surface area contributed by atoms with Crippen molar-refractivity contribution in [1.29, 1.82) is 0 Å². The third kappa shape index (κ3) is 5.99. The van der Waals surface area contributed by atoms with E-state index in [4.69, 9.17) is 16.3 Å². The van der Waals surface area contributed by atoms with Crippen LogP contribution in [0.15, 0.2) is 42.5 Å². The summed E-state index contributed by atoms with van der Waals surface area (Å²) in [6, 6.07) is 10.5. The highest BCUT2D eigenvalue weighted by Gasteiger charge is 2.27. The number of carbonyl (C=O) groups excluding carboxylic acids is 1. The fourth-order valence-corrected chi connectivity index (χ4v) is 4.93. The number of hydrogen-bond acceptors (Lipinski definition) is 5. The minimum absolute atomic E-state index is 0.155. The molecule has 1 aliphatic heterocycles. The molecule has 0 atom stereocenters. The van der Waals surface area contributed by atoms with Gasteiger partial charge in [-0.1, -0.05) is 23.7 Å². The molecular formula is C20H22ClFN2O4S. The van der Waals surface area contributed by atoms with Crippen LogP contribution in [-0.2, 0) is 27.1 Å². The molecule has 0 aromatic heterocycles. The van der Waals surface area contributed by atoms with Crippen molar-refractivity contribution in [1.82, 2.24) is 9.21 Å². The Kier molecular flexibility index (Phi) is 6.89. The smallest absolute Gasteiger partial charge is 0.308 e. The first-order valence-electron chi connectivity index (χ1n) is 9.14. The summed E-state index contributed by atoms with van der Waals surface area (Å²) >= 11 is 6.07. The maximum atomic E-state index is 13.0. The number of hydrogen-bond donors (Lipinski definition) is 0. The molecule has 0 amide bonds. The van der Waals surface area contributed by atoms with E-state index in [1.807, 2.05) is 0 Å². The average molecular weight is 441 g/mol. The predicted molar refractivity (Wildman–Crippen MR) is 109 cm³/mol. The second-order valence-corrected chi connectivity index (χ2v) is 9.31. The molecule has 29 heavy (non-hydrogen) atoms. The lowest BCUT2D eigenvalue weighted by Crippen LogP contribution is -2.48. The van der Waals surface area contributed by atoms with Gasteiger partial charge in [0.2, 0.25) is 10.0 Å². The zero-order valence-corrected chi connectivity index (χ0v) is 17.5. The van der Waals surface area contributed by atoms with Gasteiger partial charge in [-0.25, -0.2) is 12.8 Å². The van der Waals surface area contributed by atoms with Gasteiger partial charge in [0, 0.05) is 50.2 Å². The molecule has 156 valence electrons. The SMILES string of the molecule is CC(=O)Oc1ccc(Cl)cc1CN1CCN(S(=O)(=O)Cc2ccc(F)cc2)CC1. The monoisotopic (exact) mass is 440 g/mol. The Bertz CT molecular complexity index is 974. The molecule has 2 aromatic rings. The van der Waals surface area contributed by atoms with Gasteiger partial charge in [0.05, 0.1) is 5.75 Å². The van der Waals surface area contributed by atoms with Crippen LogP contribution in [0.25, 0.3) is 0 Å². The van der Waals surface area contributed by atoms with Crippen molar-refractivity contribution in [3.63, 3.8) is 0 Å². The van der Waals surface area contributed by atoms with E-state index < -0.39 is 21.8 Å². The number of sulfonamides is 1. The van der Waals surface area contributed by atoms with Crippen molar-refractivity contribution in [2.45, 2.75) is 19.2 Å². The number of carbonyl (C=O) groups is 1. The summed E-state index contributed by atoms with van der Waals surface area (Å²) in [6.45, 7) is 3.61. The number of nitrogens with zero attached hydrogens (tertiary/aromatic N) is 2. The maximum absolute atomic E-state index is 13.0. The summed E-state index contributed by atoms with van der Waals surface area (Å²) in [5, 5.41) is 0.538. The van der Waals surface area contributed by atoms with Crippen LogP contribution in [0.3, 0.4) is 0 Å². The van der Waals surface area contributed by atoms with Crippen LogP contribution >= 0.6 is 11.6 Å². The van der Waals surface area contributed by atoms with E-state index in [-0.39, 0.29) is 5.75 Å². The quantitative estimate of drug-likeness (QED) is 0.510. The van der Waals surface area contributed by atoms with Crippen LogP contribution in [-0.4, -0.2) is 49.8 Å². The molecule has 1 fully saturated rings. The lowest BCUT2D eigenvalue weighted by Gasteiger charge is -2.34. The molecule has 1 aliphatic rings. The number of ether oxygens (including phenoxy) is 1. The molecule has 1 heterocycles. The predicted octanol–water partition coefficient (Wildman–Crippen LogP) is 3.05. The topological polar surface area (TPSA) is 66.9 Å². The largest absolute Gasteiger partial charge is 0.426 e. The van der Waals surface area contributed by atoms with E-state index in [2.05, 4.69) is 4.90 Å². The lowest BCUT2D eigenvalue weighted by molar-refractivity contribution is -0.131. The van der Waals surface area contributed by atoms with E-state index >= 15 is 0 Å². The number of halogens is 2. The lowest BCUT2D eigenvalue weighted by atomic mass is 10.1. The van der Waals surface area contributed by atoms with Crippen molar-refractivity contribution in [3.05, 3.63) is 64.4 Å². The summed E-state index contributed by atoms with van der Waals surface area (Å²) in [6.07, 6.45) is 0. The Balaban J connectivity index is 1.61. The van der Waals surface area contributed by atoms with Crippen molar-refractivity contribution < 1.29 is 22.3 Å². The van der Waals surface area contributed by atoms with Crippen LogP contribution in [0, 0.1) is 5.82 Å². The Labute approximate surface area is 174 Å². The van der Waals surface area contributed by atoms with Gasteiger partial charge in [-0.2, -0.15) is 4.31 Å². The van der Waals surface area contributed by atoms with Crippen LogP contribution in [0.1, 0.15) is 18.1 Å². The summed E-state index contributed by atoms with van der Waals surface area (Å²) in [5.41, 5.74) is 1.33. The summed E-state index contributed by atoms with van der Waals surface area (Å²) in [4.78, 5) is 13.4. The van der Waals surface area contributed by atoms with Gasteiger partial charge in [-0.3, -0.25) is 9.69 Å². The van der Waals surface area contributed by atoms with E-state index in [1.165, 1.54) is 35.5 Å². The molecular weight excluding hydrogens is 419 g/mol. The van der Waals surface area contributed by atoms with Crippen LogP contribution in [0.4, 0.5) is 4.39 Å². The third-order valence-corrected chi connectivity index (χ3v) is 6.74. The normalized spacial score (nSPS) is 16.0. The van der Waals surface area contributed by atoms with E-state index in [0.29, 0.717) is 49.1 Å². The van der Waals surface area contributed by atoms with E-state index in [1.54, 1.807) is 18.2 Å². The highest BCUT2D eigenvalue weighted by molar-refractivity contribution is 7.88. The number of esters is 1. The number of piperazine rings is 1. The minimum atomic E-state index is -3.48. The fourth-order valence-electron chi connectivity index (χ4n) is 3.22. The fraction of sp³-hybridized carbons (Fsp3) is 0.350. The Hall–Kier alpha value is -2.00. The summed E-state index contributed by atoms with van der Waals surface area (Å²) in [5.74, 6) is -0.509. The highest BCUT2D eigenvalue weighted by atomic mass is 35.5. The number of rotatable bonds is 6. The van der Waals surface area contributed by atoms with Crippen molar-refractivity contribution in [2.24, 2.45) is 0 Å². The zero-order valence-electron chi connectivity index (χ0n) is 16.0. The Morgan fingerprint density at radius 2 is 1.76 bits per heavy atom. The standard InChI is InChI=1S/C20H22ClFN2O4S/c1-15(25)28-20-7-4-18(21)12-17(20)13-23-8-10-24(11-9-23)29(26,27)14-16-2-5-19(22)6-3-16/h2-7,12H,8-11,13-14H2,1H3. The molecule has 0 aliphatic carbocycles. The van der Waals surface area contributed by atoms with Crippen molar-refractivity contribution in [2.75, 3.05) is 26.2 Å². The van der Waals surface area contributed by atoms with Crippen LogP contribution in [0.2, 0.25) is 5.02 Å². The summed E-state index contributed by atoms with van der Waals surface area (Å²) < 4.78 is 45.0. The highest BCUT2D eigenvalue weighted by Crippen LogP contribution is 2.25. The van der Waals surface area contributed by atoms with Crippen molar-refractivity contribution >= 4 is 27.6 Å². The van der Waals surface area contributed by atoms with Gasteiger partial charge in [0.15, 0.2) is 0 Å². The molecule has 0 N–H and O–H groups in total. The molecule has 0 saturated carbocycles. The van der Waals surface area contributed by atoms with Gasteiger partial charge in [-0.15, -0.1) is 0 Å². The molecule has 9 heteroatoms. The van der Waals surface area contributed by atoms with Gasteiger partial charge >= 0.3 is 5.97 Å². The Morgan fingerprint density at radius 3 is 2.38 bits per heavy atom. The average Bonchev–Trinajstić information content (AvgIpc) is 2.66. The molecule has 0 spiro atoms. The van der Waals surface area contributed by atoms with Gasteiger partial charge in [0.25, 0.3) is 0 Å². The molecule has 6 nitrogen and oxygen atoms in total. The molecule has 0 unspecified atom stereocenters. The second-order valence-electron chi connectivity index (χ2n) is 6.90.